The summed E-state index contributed by atoms with van der Waals surface area (Å²) in [5.41, 5.74) is 0.765. The van der Waals surface area contributed by atoms with Crippen molar-refractivity contribution in [2.45, 2.75) is 13.0 Å². The van der Waals surface area contributed by atoms with Gasteiger partial charge in [-0.15, -0.1) is 0 Å². The SMILES string of the molecule is COc1ccc(C(=O)NCC(=O)O[C@H](C)C(=O)c2ccc(Cl)cc2)cc1. The van der Waals surface area contributed by atoms with E-state index in [1.54, 1.807) is 48.5 Å². The van der Waals surface area contributed by atoms with Gasteiger partial charge in [0.1, 0.15) is 12.3 Å². The van der Waals surface area contributed by atoms with Crippen molar-refractivity contribution in [3.63, 3.8) is 0 Å². The highest BCUT2D eigenvalue weighted by Gasteiger charge is 2.20. The molecule has 0 bridgehead atoms. The van der Waals surface area contributed by atoms with Gasteiger partial charge in [0.15, 0.2) is 6.10 Å². The van der Waals surface area contributed by atoms with Crippen molar-refractivity contribution in [3.05, 3.63) is 64.7 Å². The van der Waals surface area contributed by atoms with Gasteiger partial charge >= 0.3 is 5.97 Å². The lowest BCUT2D eigenvalue weighted by atomic mass is 10.1. The zero-order valence-corrected chi connectivity index (χ0v) is 15.1. The van der Waals surface area contributed by atoms with Crippen LogP contribution in [0.25, 0.3) is 0 Å². The number of nitrogens with one attached hydrogen (secondary N) is 1. The van der Waals surface area contributed by atoms with Crippen molar-refractivity contribution in [2.75, 3.05) is 13.7 Å². The molecule has 1 N–H and O–H groups in total. The summed E-state index contributed by atoms with van der Waals surface area (Å²) in [4.78, 5) is 36.0. The van der Waals surface area contributed by atoms with E-state index in [-0.39, 0.29) is 12.3 Å². The number of carbonyl (C=O) groups is 3. The van der Waals surface area contributed by atoms with Gasteiger partial charge < -0.3 is 14.8 Å². The number of rotatable bonds is 7. The topological polar surface area (TPSA) is 81.7 Å². The van der Waals surface area contributed by atoms with Gasteiger partial charge in [0.05, 0.1) is 7.11 Å². The minimum absolute atomic E-state index is 0.344. The second kappa shape index (κ2) is 9.01. The van der Waals surface area contributed by atoms with Crippen molar-refractivity contribution in [2.24, 2.45) is 0 Å². The standard InChI is InChI=1S/C19H18ClNO5/c1-12(18(23)13-3-7-15(20)8-4-13)26-17(22)11-21-19(24)14-5-9-16(25-2)10-6-14/h3-10,12H,11H2,1-2H3,(H,21,24)/t12-/m1/s1. The van der Waals surface area contributed by atoms with Crippen molar-refractivity contribution < 1.29 is 23.9 Å². The number of methoxy groups -OCH3 is 1. The number of carbonyl (C=O) groups excluding carboxylic acids is 3. The monoisotopic (exact) mass is 375 g/mol. The molecule has 26 heavy (non-hydrogen) atoms. The van der Waals surface area contributed by atoms with Crippen molar-refractivity contribution in [3.8, 4) is 5.75 Å². The largest absolute Gasteiger partial charge is 0.497 e. The molecule has 0 spiro atoms. The van der Waals surface area contributed by atoms with Crippen molar-refractivity contribution >= 4 is 29.3 Å². The van der Waals surface area contributed by atoms with E-state index in [2.05, 4.69) is 5.32 Å². The molecule has 0 saturated heterocycles. The molecule has 0 aliphatic carbocycles. The van der Waals surface area contributed by atoms with Crippen LogP contribution in [0.2, 0.25) is 5.02 Å². The second-order valence-corrected chi connectivity index (χ2v) is 5.85. The lowest BCUT2D eigenvalue weighted by Crippen LogP contribution is -2.34. The molecule has 0 fully saturated rings. The molecule has 2 rings (SSSR count). The summed E-state index contributed by atoms with van der Waals surface area (Å²) in [6.45, 7) is 1.13. The van der Waals surface area contributed by atoms with Crippen LogP contribution in [-0.2, 0) is 9.53 Å². The lowest BCUT2D eigenvalue weighted by molar-refractivity contribution is -0.145. The van der Waals surface area contributed by atoms with Crippen LogP contribution in [0.3, 0.4) is 0 Å². The van der Waals surface area contributed by atoms with E-state index in [4.69, 9.17) is 21.1 Å². The Labute approximate surface area is 156 Å². The van der Waals surface area contributed by atoms with Crippen LogP contribution < -0.4 is 10.1 Å². The number of hydrogen-bond donors (Lipinski definition) is 1. The minimum atomic E-state index is -0.971. The first-order valence-electron chi connectivity index (χ1n) is 7.82. The summed E-state index contributed by atoms with van der Waals surface area (Å²) in [5.74, 6) is -0.866. The summed E-state index contributed by atoms with van der Waals surface area (Å²) in [5, 5.41) is 2.95. The Balaban J connectivity index is 1.84. The first-order chi connectivity index (χ1) is 12.4. The van der Waals surface area contributed by atoms with Gasteiger partial charge in [0.25, 0.3) is 5.91 Å². The van der Waals surface area contributed by atoms with Crippen molar-refractivity contribution in [1.82, 2.24) is 5.32 Å². The van der Waals surface area contributed by atoms with E-state index in [1.807, 2.05) is 0 Å². The fourth-order valence-electron chi connectivity index (χ4n) is 2.14. The molecule has 0 unspecified atom stereocenters. The molecule has 0 radical (unpaired) electrons. The van der Waals surface area contributed by atoms with Gasteiger partial charge in [-0.05, 0) is 55.5 Å². The number of halogens is 1. The molecular formula is C19H18ClNO5. The third-order valence-corrected chi connectivity index (χ3v) is 3.80. The molecule has 0 aliphatic heterocycles. The first-order valence-corrected chi connectivity index (χ1v) is 8.20. The number of benzene rings is 2. The van der Waals surface area contributed by atoms with Gasteiger partial charge in [0.2, 0.25) is 5.78 Å². The summed E-state index contributed by atoms with van der Waals surface area (Å²) < 4.78 is 10.1. The lowest BCUT2D eigenvalue weighted by Gasteiger charge is -2.13. The number of ether oxygens (including phenoxy) is 2. The van der Waals surface area contributed by atoms with Crippen LogP contribution in [-0.4, -0.2) is 37.4 Å². The average Bonchev–Trinajstić information content (AvgIpc) is 2.66. The molecule has 2 aromatic carbocycles. The fraction of sp³-hybridized carbons (Fsp3) is 0.211. The van der Waals surface area contributed by atoms with E-state index in [1.165, 1.54) is 14.0 Å². The predicted molar refractivity (Wildman–Crippen MR) is 96.7 cm³/mol. The van der Waals surface area contributed by atoms with Crippen molar-refractivity contribution in [1.29, 1.82) is 0 Å². The maximum absolute atomic E-state index is 12.2. The third-order valence-electron chi connectivity index (χ3n) is 3.55. The summed E-state index contributed by atoms with van der Waals surface area (Å²) in [6, 6.07) is 12.7. The van der Waals surface area contributed by atoms with Crippen LogP contribution in [0.4, 0.5) is 0 Å². The van der Waals surface area contributed by atoms with E-state index < -0.39 is 18.0 Å². The van der Waals surface area contributed by atoms with Crippen LogP contribution >= 0.6 is 11.6 Å². The zero-order valence-electron chi connectivity index (χ0n) is 14.3. The Kier molecular flexibility index (Phi) is 6.74. The van der Waals surface area contributed by atoms with Gasteiger partial charge in [-0.2, -0.15) is 0 Å². The molecule has 0 aromatic heterocycles. The summed E-state index contributed by atoms with van der Waals surface area (Å²) >= 11 is 5.77. The average molecular weight is 376 g/mol. The smallest absolute Gasteiger partial charge is 0.326 e. The number of hydrogen-bond acceptors (Lipinski definition) is 5. The van der Waals surface area contributed by atoms with Gasteiger partial charge in [-0.1, -0.05) is 11.6 Å². The maximum atomic E-state index is 12.2. The first kappa shape index (κ1) is 19.5. The molecule has 136 valence electrons. The second-order valence-electron chi connectivity index (χ2n) is 5.41. The molecule has 0 aliphatic rings. The summed E-state index contributed by atoms with van der Waals surface area (Å²) in [6.07, 6.45) is -0.971. The number of amides is 1. The highest BCUT2D eigenvalue weighted by atomic mass is 35.5. The van der Waals surface area contributed by atoms with Crippen LogP contribution in [0.15, 0.2) is 48.5 Å². The predicted octanol–water partition coefficient (Wildman–Crippen LogP) is 2.89. The molecule has 2 aromatic rings. The Bertz CT molecular complexity index is 787. The molecule has 0 saturated carbocycles. The van der Waals surface area contributed by atoms with E-state index in [0.717, 1.165) is 0 Å². The van der Waals surface area contributed by atoms with Gasteiger partial charge in [-0.25, -0.2) is 0 Å². The molecule has 1 amide bonds. The quantitative estimate of drug-likeness (QED) is 0.594. The van der Waals surface area contributed by atoms with E-state index in [0.29, 0.717) is 21.9 Å². The normalized spacial score (nSPS) is 11.3. The number of Topliss-reactive ketones (excluding diaryl/α,β-unsaturated/α-hetero) is 1. The Morgan fingerprint density at radius 2 is 1.58 bits per heavy atom. The Morgan fingerprint density at radius 3 is 2.15 bits per heavy atom. The highest BCUT2D eigenvalue weighted by molar-refractivity contribution is 6.30. The fourth-order valence-corrected chi connectivity index (χ4v) is 2.26. The third kappa shape index (κ3) is 5.32. The molecule has 1 atom stereocenters. The minimum Gasteiger partial charge on any atom is -0.497 e. The van der Waals surface area contributed by atoms with Crippen LogP contribution in [0, 0.1) is 0 Å². The van der Waals surface area contributed by atoms with Crippen LogP contribution in [0.1, 0.15) is 27.6 Å². The van der Waals surface area contributed by atoms with E-state index in [9.17, 15) is 14.4 Å². The number of esters is 1. The van der Waals surface area contributed by atoms with Crippen LogP contribution in [0.5, 0.6) is 5.75 Å². The zero-order chi connectivity index (χ0) is 19.1. The highest BCUT2D eigenvalue weighted by Crippen LogP contribution is 2.13. The van der Waals surface area contributed by atoms with E-state index >= 15 is 0 Å². The molecular weight excluding hydrogens is 358 g/mol. The maximum Gasteiger partial charge on any atom is 0.326 e. The summed E-state index contributed by atoms with van der Waals surface area (Å²) in [7, 11) is 1.53. The molecule has 0 heterocycles. The number of ketones is 1. The Hall–Kier alpha value is -2.86. The molecule has 7 heteroatoms. The molecule has 6 nitrogen and oxygen atoms in total. The Morgan fingerprint density at radius 1 is 1.00 bits per heavy atom. The van der Waals surface area contributed by atoms with Gasteiger partial charge in [-0.3, -0.25) is 14.4 Å². The van der Waals surface area contributed by atoms with Gasteiger partial charge in [0, 0.05) is 16.1 Å².